The predicted molar refractivity (Wildman–Crippen MR) is 102 cm³/mol. The van der Waals surface area contributed by atoms with Crippen LogP contribution in [0.5, 0.6) is 0 Å². The number of anilines is 1. The first-order valence-electron chi connectivity index (χ1n) is 9.77. The van der Waals surface area contributed by atoms with Crippen molar-refractivity contribution in [2.45, 2.75) is 50.6 Å². The van der Waals surface area contributed by atoms with E-state index in [2.05, 4.69) is 10.2 Å². The average Bonchev–Trinajstić information content (AvgIpc) is 3.05. The van der Waals surface area contributed by atoms with Crippen molar-refractivity contribution >= 4 is 23.2 Å². The third kappa shape index (κ3) is 3.56. The van der Waals surface area contributed by atoms with Gasteiger partial charge in [0, 0.05) is 36.8 Å². The van der Waals surface area contributed by atoms with Crippen molar-refractivity contribution in [3.05, 3.63) is 29.0 Å². The third-order valence-electron chi connectivity index (χ3n) is 6.59. The summed E-state index contributed by atoms with van der Waals surface area (Å²) in [7, 11) is 0. The molecule has 2 bridgehead atoms. The van der Waals surface area contributed by atoms with Crippen molar-refractivity contribution in [1.82, 2.24) is 5.32 Å². The lowest BCUT2D eigenvalue weighted by Crippen LogP contribution is -2.50. The molecule has 3 fully saturated rings. The average molecular weight is 380 g/mol. The molecule has 1 aromatic rings. The van der Waals surface area contributed by atoms with Gasteiger partial charge in [-0.2, -0.15) is 0 Å². The van der Waals surface area contributed by atoms with E-state index in [1.807, 2.05) is 0 Å². The van der Waals surface area contributed by atoms with Gasteiger partial charge in [-0.15, -0.1) is 0 Å². The minimum Gasteiger partial charge on any atom is -0.369 e. The van der Waals surface area contributed by atoms with Crippen LogP contribution in [0.3, 0.4) is 0 Å². The van der Waals surface area contributed by atoms with Crippen LogP contribution in [-0.2, 0) is 4.79 Å². The number of halogens is 2. The summed E-state index contributed by atoms with van der Waals surface area (Å²) >= 11 is 5.89. The van der Waals surface area contributed by atoms with Crippen LogP contribution in [0.15, 0.2) is 18.2 Å². The largest absolute Gasteiger partial charge is 0.369 e. The number of fused-ring (bicyclic) bond motifs is 2. The summed E-state index contributed by atoms with van der Waals surface area (Å²) in [6.45, 7) is 1.58. The maximum Gasteiger partial charge on any atom is 0.223 e. The van der Waals surface area contributed by atoms with Crippen LogP contribution in [0.2, 0.25) is 5.02 Å². The second kappa shape index (κ2) is 7.35. The zero-order chi connectivity index (χ0) is 18.3. The lowest BCUT2D eigenvalue weighted by atomic mass is 9.65. The Kier molecular flexibility index (Phi) is 5.11. The standard InChI is InChI=1S/C20H27ClFN3O/c21-17-10-16(4-5-18(17)22)25-7-6-15(11-25)24-20(26)14-8-12-2-1-3-13(9-14)19(12)23/h4-5,10,12-15,19H,1-3,6-9,11,23H2,(H,24,26). The molecule has 0 radical (unpaired) electrons. The van der Waals surface area contributed by atoms with Crippen LogP contribution < -0.4 is 16.0 Å². The Morgan fingerprint density at radius 3 is 2.65 bits per heavy atom. The fourth-order valence-electron chi connectivity index (χ4n) is 5.12. The van der Waals surface area contributed by atoms with E-state index in [-0.39, 0.29) is 28.9 Å². The summed E-state index contributed by atoms with van der Waals surface area (Å²) in [5.41, 5.74) is 7.25. The van der Waals surface area contributed by atoms with E-state index in [1.54, 1.807) is 12.1 Å². The Bertz CT molecular complexity index is 671. The van der Waals surface area contributed by atoms with Gasteiger partial charge in [0.15, 0.2) is 0 Å². The summed E-state index contributed by atoms with van der Waals surface area (Å²) in [6.07, 6.45) is 6.38. The van der Waals surface area contributed by atoms with Crippen molar-refractivity contribution in [1.29, 1.82) is 0 Å². The molecular weight excluding hydrogens is 353 g/mol. The number of hydrogen-bond acceptors (Lipinski definition) is 3. The van der Waals surface area contributed by atoms with Crippen molar-refractivity contribution < 1.29 is 9.18 Å². The number of carbonyl (C=O) groups excluding carboxylic acids is 1. The molecule has 1 heterocycles. The first kappa shape index (κ1) is 18.1. The first-order chi connectivity index (χ1) is 12.5. The number of benzene rings is 1. The minimum atomic E-state index is -0.402. The molecule has 142 valence electrons. The lowest BCUT2D eigenvalue weighted by Gasteiger charge is -2.43. The van der Waals surface area contributed by atoms with Gasteiger partial charge in [-0.1, -0.05) is 18.0 Å². The molecule has 1 saturated heterocycles. The molecule has 4 nitrogen and oxygen atoms in total. The van der Waals surface area contributed by atoms with Gasteiger partial charge in [0.1, 0.15) is 5.82 Å². The number of carbonyl (C=O) groups is 1. The molecular formula is C20H27ClFN3O. The van der Waals surface area contributed by atoms with E-state index < -0.39 is 5.82 Å². The number of hydrogen-bond donors (Lipinski definition) is 2. The monoisotopic (exact) mass is 379 g/mol. The molecule has 3 N–H and O–H groups in total. The van der Waals surface area contributed by atoms with Crippen LogP contribution in [-0.4, -0.2) is 31.1 Å². The highest BCUT2D eigenvalue weighted by Gasteiger charge is 2.41. The smallest absolute Gasteiger partial charge is 0.223 e. The van der Waals surface area contributed by atoms with E-state index >= 15 is 0 Å². The van der Waals surface area contributed by atoms with Crippen molar-refractivity contribution in [2.75, 3.05) is 18.0 Å². The normalized spacial score (nSPS) is 34.0. The molecule has 4 rings (SSSR count). The Morgan fingerprint density at radius 2 is 1.96 bits per heavy atom. The SMILES string of the molecule is NC1C2CCCC1CC(C(=O)NC1CCN(c3ccc(F)c(Cl)c3)C1)C2. The van der Waals surface area contributed by atoms with Gasteiger partial charge in [-0.05, 0) is 62.1 Å². The molecule has 0 spiro atoms. The van der Waals surface area contributed by atoms with E-state index in [4.69, 9.17) is 17.3 Å². The van der Waals surface area contributed by atoms with Crippen molar-refractivity contribution in [3.8, 4) is 0 Å². The summed E-state index contributed by atoms with van der Waals surface area (Å²) in [6, 6.07) is 5.23. The van der Waals surface area contributed by atoms with Gasteiger partial charge in [-0.3, -0.25) is 4.79 Å². The predicted octanol–water partition coefficient (Wildman–Crippen LogP) is 3.33. The maximum atomic E-state index is 13.3. The summed E-state index contributed by atoms with van der Waals surface area (Å²) in [4.78, 5) is 14.9. The Labute approximate surface area is 159 Å². The second-order valence-corrected chi connectivity index (χ2v) is 8.64. The fourth-order valence-corrected chi connectivity index (χ4v) is 5.29. The number of rotatable bonds is 3. The molecule has 3 aliphatic rings. The van der Waals surface area contributed by atoms with E-state index in [0.717, 1.165) is 38.0 Å². The van der Waals surface area contributed by atoms with Gasteiger partial charge < -0.3 is 16.0 Å². The molecule has 26 heavy (non-hydrogen) atoms. The van der Waals surface area contributed by atoms with Crippen molar-refractivity contribution in [3.63, 3.8) is 0 Å². The molecule has 1 aromatic carbocycles. The summed E-state index contributed by atoms with van der Waals surface area (Å²) < 4.78 is 13.3. The molecule has 3 unspecified atom stereocenters. The Hall–Kier alpha value is -1.33. The molecule has 6 heteroatoms. The zero-order valence-electron chi connectivity index (χ0n) is 15.0. The van der Waals surface area contributed by atoms with Crippen LogP contribution in [0.1, 0.15) is 38.5 Å². The van der Waals surface area contributed by atoms with Crippen molar-refractivity contribution in [2.24, 2.45) is 23.5 Å². The van der Waals surface area contributed by atoms with Gasteiger partial charge in [0.25, 0.3) is 0 Å². The van der Waals surface area contributed by atoms with Crippen LogP contribution in [0.4, 0.5) is 10.1 Å². The topological polar surface area (TPSA) is 58.4 Å². The van der Waals surface area contributed by atoms with Gasteiger partial charge >= 0.3 is 0 Å². The maximum absolute atomic E-state index is 13.3. The zero-order valence-corrected chi connectivity index (χ0v) is 15.7. The van der Waals surface area contributed by atoms with Gasteiger partial charge in [-0.25, -0.2) is 4.39 Å². The highest BCUT2D eigenvalue weighted by molar-refractivity contribution is 6.31. The Balaban J connectivity index is 1.33. The Morgan fingerprint density at radius 1 is 1.23 bits per heavy atom. The fraction of sp³-hybridized carbons (Fsp3) is 0.650. The molecule has 1 aliphatic heterocycles. The number of nitrogens with two attached hydrogens (primary N) is 1. The highest BCUT2D eigenvalue weighted by atomic mass is 35.5. The van der Waals surface area contributed by atoms with E-state index in [1.165, 1.54) is 25.3 Å². The summed E-state index contributed by atoms with van der Waals surface area (Å²) in [5, 5.41) is 3.39. The van der Waals surface area contributed by atoms with Crippen LogP contribution in [0.25, 0.3) is 0 Å². The minimum absolute atomic E-state index is 0.111. The number of amides is 1. The van der Waals surface area contributed by atoms with E-state index in [0.29, 0.717) is 11.8 Å². The van der Waals surface area contributed by atoms with E-state index in [9.17, 15) is 9.18 Å². The molecule has 1 amide bonds. The number of nitrogens with zero attached hydrogens (tertiary/aromatic N) is 1. The van der Waals surface area contributed by atoms with Crippen LogP contribution >= 0.6 is 11.6 Å². The van der Waals surface area contributed by atoms with Crippen LogP contribution in [0, 0.1) is 23.6 Å². The number of nitrogens with one attached hydrogen (secondary N) is 1. The van der Waals surface area contributed by atoms with Gasteiger partial charge in [0.2, 0.25) is 5.91 Å². The van der Waals surface area contributed by atoms with Gasteiger partial charge in [0.05, 0.1) is 5.02 Å². The quantitative estimate of drug-likeness (QED) is 0.846. The molecule has 2 aliphatic carbocycles. The summed E-state index contributed by atoms with van der Waals surface area (Å²) in [5.74, 6) is 0.928. The molecule has 3 atom stereocenters. The highest BCUT2D eigenvalue weighted by Crippen LogP contribution is 2.42. The molecule has 2 saturated carbocycles. The first-order valence-corrected chi connectivity index (χ1v) is 10.1. The molecule has 0 aromatic heterocycles. The lowest BCUT2D eigenvalue weighted by molar-refractivity contribution is -0.128. The second-order valence-electron chi connectivity index (χ2n) is 8.24. The third-order valence-corrected chi connectivity index (χ3v) is 6.88.